The number of rotatable bonds is 4. The second kappa shape index (κ2) is 9.88. The molecule has 0 spiro atoms. The van der Waals surface area contributed by atoms with E-state index < -0.39 is 11.7 Å². The molecule has 1 amide bonds. The Morgan fingerprint density at radius 2 is 1.84 bits per heavy atom. The predicted octanol–water partition coefficient (Wildman–Crippen LogP) is 5.64. The van der Waals surface area contributed by atoms with E-state index in [2.05, 4.69) is 12.1 Å². The third-order valence-electron chi connectivity index (χ3n) is 9.07. The van der Waals surface area contributed by atoms with Crippen LogP contribution in [-0.2, 0) is 17.6 Å². The maximum absolute atomic E-state index is 14.1. The number of fused-ring (bicyclic) bond motifs is 4. The second-order valence-electron chi connectivity index (χ2n) is 11.5. The van der Waals surface area contributed by atoms with Crippen molar-refractivity contribution >= 4 is 16.9 Å². The van der Waals surface area contributed by atoms with Crippen LogP contribution >= 0.6 is 0 Å². The number of nitrogens with zero attached hydrogens (tertiary/aromatic N) is 1. The minimum atomic E-state index is -0.733. The van der Waals surface area contributed by atoms with E-state index in [1.807, 2.05) is 49.1 Å². The number of hydrogen-bond acceptors (Lipinski definition) is 5. The smallest absolute Gasteiger partial charge is 0.339 e. The van der Waals surface area contributed by atoms with Gasteiger partial charge in [-0.15, -0.1) is 0 Å². The van der Waals surface area contributed by atoms with Gasteiger partial charge in [-0.3, -0.25) is 4.79 Å². The molecule has 38 heavy (non-hydrogen) atoms. The number of amides is 1. The molecule has 6 nitrogen and oxygen atoms in total. The lowest BCUT2D eigenvalue weighted by atomic mass is 9.66. The molecule has 0 bridgehead atoms. The van der Waals surface area contributed by atoms with Gasteiger partial charge in [0, 0.05) is 18.0 Å². The van der Waals surface area contributed by atoms with Crippen molar-refractivity contribution in [2.75, 3.05) is 6.54 Å². The van der Waals surface area contributed by atoms with E-state index in [9.17, 15) is 14.7 Å². The van der Waals surface area contributed by atoms with Crippen LogP contribution in [0, 0.1) is 12.8 Å². The number of piperidine rings is 1. The normalized spacial score (nSPS) is 25.9. The van der Waals surface area contributed by atoms with Crippen LogP contribution < -0.4 is 10.4 Å². The Morgan fingerprint density at radius 1 is 1.08 bits per heavy atom. The molecule has 2 aromatic carbocycles. The predicted molar refractivity (Wildman–Crippen MR) is 146 cm³/mol. The van der Waals surface area contributed by atoms with E-state index in [1.54, 1.807) is 0 Å². The average molecular weight is 516 g/mol. The van der Waals surface area contributed by atoms with Crippen molar-refractivity contribution in [3.63, 3.8) is 0 Å². The van der Waals surface area contributed by atoms with Crippen molar-refractivity contribution in [2.24, 2.45) is 5.92 Å². The largest absolute Gasteiger partial charge is 0.480 e. The van der Waals surface area contributed by atoms with Crippen molar-refractivity contribution in [2.45, 2.75) is 89.4 Å². The molecule has 4 atom stereocenters. The molecule has 1 N–H and O–H groups in total. The van der Waals surface area contributed by atoms with Gasteiger partial charge in [-0.05, 0) is 87.6 Å². The number of likely N-dealkylation sites (tertiary alicyclic amines) is 1. The van der Waals surface area contributed by atoms with Gasteiger partial charge in [-0.2, -0.15) is 0 Å². The molecule has 2 aliphatic carbocycles. The molecule has 1 aliphatic heterocycles. The molecule has 2 fully saturated rings. The van der Waals surface area contributed by atoms with Crippen molar-refractivity contribution < 1.29 is 19.1 Å². The fraction of sp³-hybridized carbons (Fsp3) is 0.500. The lowest BCUT2D eigenvalue weighted by molar-refractivity contribution is -0.161. The van der Waals surface area contributed by atoms with Gasteiger partial charge < -0.3 is 19.2 Å². The summed E-state index contributed by atoms with van der Waals surface area (Å²) in [5, 5.41) is 12.4. The summed E-state index contributed by atoms with van der Waals surface area (Å²) in [4.78, 5) is 28.7. The number of ether oxygens (including phenoxy) is 1. The first-order chi connectivity index (χ1) is 18.4. The second-order valence-corrected chi connectivity index (χ2v) is 11.5. The van der Waals surface area contributed by atoms with Gasteiger partial charge in [-0.25, -0.2) is 4.79 Å². The zero-order chi connectivity index (χ0) is 26.4. The van der Waals surface area contributed by atoms with Gasteiger partial charge in [0.05, 0.1) is 17.0 Å². The van der Waals surface area contributed by atoms with Crippen LogP contribution in [0.4, 0.5) is 0 Å². The maximum atomic E-state index is 14.1. The number of aryl methyl sites for hydroxylation is 2. The topological polar surface area (TPSA) is 80.0 Å². The van der Waals surface area contributed by atoms with E-state index in [-0.39, 0.29) is 23.5 Å². The van der Waals surface area contributed by atoms with E-state index >= 15 is 0 Å². The number of carbonyl (C=O) groups is 1. The molecule has 0 radical (unpaired) electrons. The van der Waals surface area contributed by atoms with Crippen LogP contribution in [0.5, 0.6) is 5.75 Å². The quantitative estimate of drug-likeness (QED) is 0.455. The zero-order valence-electron chi connectivity index (χ0n) is 22.4. The summed E-state index contributed by atoms with van der Waals surface area (Å²) in [7, 11) is 0. The fourth-order valence-electron chi connectivity index (χ4n) is 7.23. The number of carbonyl (C=O) groups excluding carboxylic acids is 1. The lowest BCUT2D eigenvalue weighted by Gasteiger charge is -2.53. The first kappa shape index (κ1) is 25.2. The van der Waals surface area contributed by atoms with Crippen LogP contribution in [0.3, 0.4) is 0 Å². The highest BCUT2D eigenvalue weighted by molar-refractivity contribution is 5.89. The van der Waals surface area contributed by atoms with Crippen molar-refractivity contribution in [1.82, 2.24) is 4.90 Å². The Bertz CT molecular complexity index is 1410. The third-order valence-corrected chi connectivity index (χ3v) is 9.07. The summed E-state index contributed by atoms with van der Waals surface area (Å²) in [6.07, 6.45) is 7.17. The highest BCUT2D eigenvalue weighted by Gasteiger charge is 2.50. The minimum Gasteiger partial charge on any atom is -0.480 e. The van der Waals surface area contributed by atoms with Gasteiger partial charge in [-0.1, -0.05) is 43.2 Å². The highest BCUT2D eigenvalue weighted by Crippen LogP contribution is 2.49. The van der Waals surface area contributed by atoms with Crippen LogP contribution in [0.1, 0.15) is 80.2 Å². The molecular formula is C32H37NO5. The Labute approximate surface area is 223 Å². The van der Waals surface area contributed by atoms with Crippen LogP contribution in [-0.4, -0.2) is 34.2 Å². The van der Waals surface area contributed by atoms with Crippen LogP contribution in [0.15, 0.2) is 51.7 Å². The summed E-state index contributed by atoms with van der Waals surface area (Å²) in [5.74, 6) is 0.530. The first-order valence-electron chi connectivity index (χ1n) is 14.2. The Morgan fingerprint density at radius 3 is 2.63 bits per heavy atom. The molecule has 200 valence electrons. The summed E-state index contributed by atoms with van der Waals surface area (Å²) in [5.41, 5.74) is 3.26. The first-order valence-corrected chi connectivity index (χ1v) is 14.2. The van der Waals surface area contributed by atoms with Gasteiger partial charge in [0.25, 0.3) is 5.91 Å². The van der Waals surface area contributed by atoms with Gasteiger partial charge in [0.1, 0.15) is 11.3 Å². The molecular weight excluding hydrogens is 478 g/mol. The standard InChI is InChI=1S/C32H37NO5/c1-20-18-26(28-23-12-6-7-13-24(23)31(35)38-27(28)19-20)37-21(2)30(34)33-17-16-32(36)15-9-8-14-25(32)29(33)22-10-4-3-5-11-22/h3-5,10-11,18-19,21,25,29,36H,6-9,12-17H2,1-2H3/t21-,25+,29+,32-/m1/s1. The van der Waals surface area contributed by atoms with E-state index in [4.69, 9.17) is 9.15 Å². The molecule has 1 saturated carbocycles. The molecule has 0 unspecified atom stereocenters. The van der Waals surface area contributed by atoms with E-state index in [0.29, 0.717) is 30.7 Å². The Hall–Kier alpha value is -3.12. The minimum absolute atomic E-state index is 0.00430. The summed E-state index contributed by atoms with van der Waals surface area (Å²) in [6.45, 7) is 4.25. The molecule has 3 aliphatic rings. The van der Waals surface area contributed by atoms with Crippen molar-refractivity contribution in [1.29, 1.82) is 0 Å². The Kier molecular flexibility index (Phi) is 6.55. The summed E-state index contributed by atoms with van der Waals surface area (Å²) >= 11 is 0. The van der Waals surface area contributed by atoms with E-state index in [0.717, 1.165) is 72.6 Å². The summed E-state index contributed by atoms with van der Waals surface area (Å²) in [6, 6.07) is 13.8. The molecule has 1 aromatic heterocycles. The van der Waals surface area contributed by atoms with Crippen molar-refractivity contribution in [3.05, 3.63) is 75.1 Å². The van der Waals surface area contributed by atoms with Crippen LogP contribution in [0.2, 0.25) is 0 Å². The highest BCUT2D eigenvalue weighted by atomic mass is 16.5. The maximum Gasteiger partial charge on any atom is 0.339 e. The van der Waals surface area contributed by atoms with Gasteiger partial charge >= 0.3 is 5.63 Å². The zero-order valence-corrected chi connectivity index (χ0v) is 22.4. The lowest BCUT2D eigenvalue weighted by Crippen LogP contribution is -2.58. The average Bonchev–Trinajstić information content (AvgIpc) is 2.92. The number of benzene rings is 2. The Balaban J connectivity index is 1.35. The molecule has 6 heteroatoms. The fourth-order valence-corrected chi connectivity index (χ4v) is 7.23. The van der Waals surface area contributed by atoms with Gasteiger partial charge in [0.15, 0.2) is 6.10 Å². The van der Waals surface area contributed by atoms with E-state index in [1.165, 1.54) is 0 Å². The molecule has 6 rings (SSSR count). The molecule has 1 saturated heterocycles. The number of aliphatic hydroxyl groups is 1. The van der Waals surface area contributed by atoms with Crippen molar-refractivity contribution in [3.8, 4) is 5.75 Å². The summed E-state index contributed by atoms with van der Waals surface area (Å²) < 4.78 is 12.2. The SMILES string of the molecule is Cc1cc(O[C@H](C)C(=O)N2CC[C@]3(O)CCCC[C@H]3[C@@H]2c2ccccc2)c2c3c(c(=O)oc2c1)CCCC3. The van der Waals surface area contributed by atoms with Crippen LogP contribution in [0.25, 0.3) is 11.0 Å². The molecule has 2 heterocycles. The third kappa shape index (κ3) is 4.33. The monoisotopic (exact) mass is 515 g/mol. The number of hydrogen-bond donors (Lipinski definition) is 1. The van der Waals surface area contributed by atoms with Gasteiger partial charge in [0.2, 0.25) is 0 Å². The molecule has 3 aromatic rings.